The van der Waals surface area contributed by atoms with Crippen LogP contribution in [0.3, 0.4) is 0 Å². The summed E-state index contributed by atoms with van der Waals surface area (Å²) in [5, 5.41) is 3.44. The predicted octanol–water partition coefficient (Wildman–Crippen LogP) is 3.61. The molecule has 7 heteroatoms. The molecule has 0 unspecified atom stereocenters. The quantitative estimate of drug-likeness (QED) is 0.734. The molecule has 3 rings (SSSR count). The van der Waals surface area contributed by atoms with Gasteiger partial charge in [0.25, 0.3) is 0 Å². The van der Waals surface area contributed by atoms with Gasteiger partial charge in [-0.25, -0.2) is 0 Å². The molecule has 0 aliphatic carbocycles. The highest BCUT2D eigenvalue weighted by Crippen LogP contribution is 2.21. The van der Waals surface area contributed by atoms with Gasteiger partial charge in [0.15, 0.2) is 5.78 Å². The lowest BCUT2D eigenvalue weighted by Crippen LogP contribution is -2.48. The molecule has 1 aliphatic heterocycles. The van der Waals surface area contributed by atoms with Crippen molar-refractivity contribution in [2.24, 2.45) is 0 Å². The van der Waals surface area contributed by atoms with E-state index >= 15 is 0 Å². The first-order chi connectivity index (χ1) is 13.9. The highest BCUT2D eigenvalue weighted by atomic mass is 35.5. The predicted molar refractivity (Wildman–Crippen MR) is 115 cm³/mol. The molecule has 0 radical (unpaired) electrons. The van der Waals surface area contributed by atoms with Crippen molar-refractivity contribution in [2.75, 3.05) is 36.4 Å². The van der Waals surface area contributed by atoms with Gasteiger partial charge in [0.2, 0.25) is 11.8 Å². The summed E-state index contributed by atoms with van der Waals surface area (Å²) in [4.78, 5) is 40.0. The summed E-state index contributed by atoms with van der Waals surface area (Å²) in [6.45, 7) is 4.18. The van der Waals surface area contributed by atoms with Crippen LogP contribution in [0.1, 0.15) is 30.1 Å². The summed E-state index contributed by atoms with van der Waals surface area (Å²) in [6.07, 6.45) is 0.271. The summed E-state index contributed by atoms with van der Waals surface area (Å²) in [5.74, 6) is -0.326. The monoisotopic (exact) mass is 413 g/mol. The fraction of sp³-hybridized carbons (Fsp3) is 0.318. The molecule has 1 heterocycles. The number of rotatable bonds is 6. The Kier molecular flexibility index (Phi) is 6.88. The molecule has 0 aromatic heterocycles. The van der Waals surface area contributed by atoms with Crippen LogP contribution >= 0.6 is 11.6 Å². The van der Waals surface area contributed by atoms with E-state index in [1.54, 1.807) is 29.2 Å². The number of piperazine rings is 1. The first kappa shape index (κ1) is 20.9. The fourth-order valence-corrected chi connectivity index (χ4v) is 3.49. The maximum Gasteiger partial charge on any atom is 0.224 e. The zero-order chi connectivity index (χ0) is 20.8. The van der Waals surface area contributed by atoms with Crippen LogP contribution in [-0.4, -0.2) is 48.7 Å². The van der Waals surface area contributed by atoms with Gasteiger partial charge in [0.1, 0.15) is 0 Å². The van der Waals surface area contributed by atoms with E-state index in [0.29, 0.717) is 29.4 Å². The van der Waals surface area contributed by atoms with Crippen molar-refractivity contribution in [3.05, 3.63) is 59.1 Å². The van der Waals surface area contributed by atoms with Gasteiger partial charge in [-0.1, -0.05) is 29.8 Å². The number of carbonyl (C=O) groups excluding carboxylic acids is 3. The van der Waals surface area contributed by atoms with Crippen LogP contribution in [0, 0.1) is 0 Å². The maximum absolute atomic E-state index is 12.5. The summed E-state index contributed by atoms with van der Waals surface area (Å²) in [6, 6.07) is 14.5. The van der Waals surface area contributed by atoms with Gasteiger partial charge in [0.05, 0.1) is 0 Å². The average molecular weight is 414 g/mol. The number of nitrogens with one attached hydrogen (secondary N) is 1. The van der Waals surface area contributed by atoms with Gasteiger partial charge in [-0.3, -0.25) is 14.4 Å². The summed E-state index contributed by atoms with van der Waals surface area (Å²) in [7, 11) is 0. The summed E-state index contributed by atoms with van der Waals surface area (Å²) >= 11 is 6.05. The number of anilines is 2. The van der Waals surface area contributed by atoms with E-state index in [1.807, 2.05) is 24.3 Å². The lowest BCUT2D eigenvalue weighted by molar-refractivity contribution is -0.133. The number of amides is 2. The lowest BCUT2D eigenvalue weighted by atomic mass is 10.1. The van der Waals surface area contributed by atoms with Crippen LogP contribution in [0.2, 0.25) is 5.02 Å². The maximum atomic E-state index is 12.5. The number of ketones is 1. The van der Waals surface area contributed by atoms with Crippen molar-refractivity contribution >= 4 is 40.6 Å². The summed E-state index contributed by atoms with van der Waals surface area (Å²) < 4.78 is 0. The van der Waals surface area contributed by atoms with Gasteiger partial charge >= 0.3 is 0 Å². The zero-order valence-electron chi connectivity index (χ0n) is 16.4. The molecule has 1 saturated heterocycles. The number of carbonyl (C=O) groups is 3. The SMILES string of the molecule is CC(=O)c1cccc(NC(=O)CCC(=O)N2CCN(c3cccc(Cl)c3)CC2)c1. The van der Waals surface area contributed by atoms with E-state index in [2.05, 4.69) is 10.2 Å². The van der Waals surface area contributed by atoms with Crippen LogP contribution < -0.4 is 10.2 Å². The Hall–Kier alpha value is -2.86. The van der Waals surface area contributed by atoms with Crippen LogP contribution in [0.5, 0.6) is 0 Å². The zero-order valence-corrected chi connectivity index (χ0v) is 17.1. The van der Waals surface area contributed by atoms with E-state index in [-0.39, 0.29) is 30.4 Å². The van der Waals surface area contributed by atoms with Gasteiger partial charge in [-0.15, -0.1) is 0 Å². The van der Waals surface area contributed by atoms with Crippen molar-refractivity contribution < 1.29 is 14.4 Å². The Balaban J connectivity index is 1.44. The molecule has 6 nitrogen and oxygen atoms in total. The van der Waals surface area contributed by atoms with E-state index in [1.165, 1.54) is 6.92 Å². The van der Waals surface area contributed by atoms with Gasteiger partial charge < -0.3 is 15.1 Å². The van der Waals surface area contributed by atoms with Crippen molar-refractivity contribution in [1.29, 1.82) is 0 Å². The molecule has 0 saturated carbocycles. The normalized spacial score (nSPS) is 13.9. The van der Waals surface area contributed by atoms with Crippen molar-refractivity contribution in [3.63, 3.8) is 0 Å². The Morgan fingerprint density at radius 2 is 1.69 bits per heavy atom. The van der Waals surface area contributed by atoms with Gasteiger partial charge in [-0.05, 0) is 37.3 Å². The Morgan fingerprint density at radius 3 is 2.38 bits per heavy atom. The highest BCUT2D eigenvalue weighted by molar-refractivity contribution is 6.30. The molecule has 2 aromatic carbocycles. The second-order valence-corrected chi connectivity index (χ2v) is 7.47. The van der Waals surface area contributed by atoms with Crippen molar-refractivity contribution in [3.8, 4) is 0 Å². The standard InChI is InChI=1S/C22H24ClN3O3/c1-16(27)17-4-2-6-19(14-17)24-21(28)8-9-22(29)26-12-10-25(11-13-26)20-7-3-5-18(23)15-20/h2-7,14-15H,8-13H2,1H3,(H,24,28). The van der Waals surface area contributed by atoms with E-state index in [0.717, 1.165) is 18.8 Å². The second-order valence-electron chi connectivity index (χ2n) is 7.03. The molecule has 0 atom stereocenters. The molecule has 2 amide bonds. The molecule has 1 N–H and O–H groups in total. The Morgan fingerprint density at radius 1 is 0.966 bits per heavy atom. The van der Waals surface area contributed by atoms with Crippen LogP contribution in [0.4, 0.5) is 11.4 Å². The smallest absolute Gasteiger partial charge is 0.224 e. The molecule has 0 spiro atoms. The molecule has 152 valence electrons. The van der Waals surface area contributed by atoms with E-state index in [9.17, 15) is 14.4 Å². The topological polar surface area (TPSA) is 69.7 Å². The van der Waals surface area contributed by atoms with Gasteiger partial charge in [0, 0.05) is 61.0 Å². The minimum absolute atomic E-state index is 0.0246. The summed E-state index contributed by atoms with van der Waals surface area (Å²) in [5.41, 5.74) is 2.15. The third-order valence-electron chi connectivity index (χ3n) is 4.92. The third-order valence-corrected chi connectivity index (χ3v) is 5.16. The van der Waals surface area contributed by atoms with Crippen LogP contribution in [0.15, 0.2) is 48.5 Å². The molecule has 1 fully saturated rings. The Labute approximate surface area is 175 Å². The number of hydrogen-bond acceptors (Lipinski definition) is 4. The Bertz CT molecular complexity index is 908. The first-order valence-corrected chi connectivity index (χ1v) is 9.99. The lowest BCUT2D eigenvalue weighted by Gasteiger charge is -2.36. The van der Waals surface area contributed by atoms with Gasteiger partial charge in [-0.2, -0.15) is 0 Å². The van der Waals surface area contributed by atoms with E-state index < -0.39 is 0 Å². The number of benzene rings is 2. The first-order valence-electron chi connectivity index (χ1n) is 9.61. The minimum atomic E-state index is -0.239. The second kappa shape index (κ2) is 9.56. The van der Waals surface area contributed by atoms with E-state index in [4.69, 9.17) is 11.6 Å². The number of nitrogens with zero attached hydrogens (tertiary/aromatic N) is 2. The highest BCUT2D eigenvalue weighted by Gasteiger charge is 2.21. The largest absolute Gasteiger partial charge is 0.368 e. The molecular formula is C22H24ClN3O3. The number of halogens is 1. The number of hydrogen-bond donors (Lipinski definition) is 1. The molecule has 2 aromatic rings. The van der Waals surface area contributed by atoms with Crippen molar-refractivity contribution in [1.82, 2.24) is 4.90 Å². The average Bonchev–Trinajstić information content (AvgIpc) is 2.72. The molecule has 29 heavy (non-hydrogen) atoms. The number of Topliss-reactive ketones (excluding diaryl/α,β-unsaturated/α-hetero) is 1. The van der Waals surface area contributed by atoms with Crippen LogP contribution in [-0.2, 0) is 9.59 Å². The molecule has 0 bridgehead atoms. The molecule has 1 aliphatic rings. The molecular weight excluding hydrogens is 390 g/mol. The fourth-order valence-electron chi connectivity index (χ4n) is 3.30. The van der Waals surface area contributed by atoms with Crippen molar-refractivity contribution in [2.45, 2.75) is 19.8 Å². The minimum Gasteiger partial charge on any atom is -0.368 e. The van der Waals surface area contributed by atoms with Crippen LogP contribution in [0.25, 0.3) is 0 Å². The third kappa shape index (κ3) is 5.81.